The third kappa shape index (κ3) is 4.89. The molecule has 0 radical (unpaired) electrons. The van der Waals surface area contributed by atoms with Gasteiger partial charge in [-0.2, -0.15) is 0 Å². The minimum atomic E-state index is 0.921. The van der Waals surface area contributed by atoms with Gasteiger partial charge >= 0.3 is 0 Å². The molecule has 0 aromatic carbocycles. The van der Waals surface area contributed by atoms with Crippen LogP contribution >= 0.6 is 0 Å². The van der Waals surface area contributed by atoms with Crippen molar-refractivity contribution in [1.29, 1.82) is 0 Å². The molecule has 2 saturated carbocycles. The molecule has 96 valence electrons. The third-order valence-electron chi connectivity index (χ3n) is 4.41. The molecule has 0 aliphatic heterocycles. The van der Waals surface area contributed by atoms with Crippen LogP contribution in [0.5, 0.6) is 0 Å². The molecule has 0 nitrogen and oxygen atoms in total. The van der Waals surface area contributed by atoms with Gasteiger partial charge in [0, 0.05) is 0 Å². The Hall–Kier alpha value is 0. The lowest BCUT2D eigenvalue weighted by Crippen LogP contribution is -1.90. The fourth-order valence-corrected chi connectivity index (χ4v) is 2.89. The summed E-state index contributed by atoms with van der Waals surface area (Å²) in [6.45, 7) is 13.9. The van der Waals surface area contributed by atoms with Gasteiger partial charge in [-0.15, -0.1) is 0 Å². The highest BCUT2D eigenvalue weighted by molar-refractivity contribution is 4.86. The van der Waals surface area contributed by atoms with Crippen LogP contribution in [0.25, 0.3) is 0 Å². The molecular formula is C16H32. The average molecular weight is 224 g/mol. The maximum atomic E-state index is 2.35. The summed E-state index contributed by atoms with van der Waals surface area (Å²) in [5.74, 6) is 6.19. The molecule has 2 rings (SSSR count). The Bertz CT molecular complexity index is 192. The Balaban J connectivity index is 0.000000160. The van der Waals surface area contributed by atoms with E-state index in [9.17, 15) is 0 Å². The zero-order valence-electron chi connectivity index (χ0n) is 12.3. The SMILES string of the molecule is CC(C)CC1CC1C.CCC1CC1C(C)C. The summed E-state index contributed by atoms with van der Waals surface area (Å²) < 4.78 is 0. The summed E-state index contributed by atoms with van der Waals surface area (Å²) >= 11 is 0. The second-order valence-electron chi connectivity index (χ2n) is 6.91. The Kier molecular flexibility index (Phi) is 5.34. The fraction of sp³-hybridized carbons (Fsp3) is 1.00. The first-order chi connectivity index (χ1) is 7.45. The highest BCUT2D eigenvalue weighted by Crippen LogP contribution is 2.45. The highest BCUT2D eigenvalue weighted by Gasteiger charge is 2.36. The molecule has 16 heavy (non-hydrogen) atoms. The molecule has 0 bridgehead atoms. The summed E-state index contributed by atoms with van der Waals surface area (Å²) in [5, 5.41) is 0. The van der Waals surface area contributed by atoms with E-state index < -0.39 is 0 Å². The zero-order valence-corrected chi connectivity index (χ0v) is 12.3. The number of rotatable bonds is 4. The Labute approximate surface area is 103 Å². The van der Waals surface area contributed by atoms with Crippen LogP contribution in [0.2, 0.25) is 0 Å². The molecule has 4 unspecified atom stereocenters. The first kappa shape index (κ1) is 14.1. The van der Waals surface area contributed by atoms with Gasteiger partial charge in [-0.1, -0.05) is 48.0 Å². The topological polar surface area (TPSA) is 0 Å². The van der Waals surface area contributed by atoms with E-state index in [0.717, 1.165) is 35.5 Å². The normalized spacial score (nSPS) is 36.0. The third-order valence-corrected chi connectivity index (χ3v) is 4.41. The predicted octanol–water partition coefficient (Wildman–Crippen LogP) is 5.38. The van der Waals surface area contributed by atoms with Gasteiger partial charge in [0.1, 0.15) is 0 Å². The highest BCUT2D eigenvalue weighted by atomic mass is 14.4. The molecule has 0 N–H and O–H groups in total. The molecule has 4 atom stereocenters. The number of hydrogen-bond acceptors (Lipinski definition) is 0. The van der Waals surface area contributed by atoms with Crippen LogP contribution in [0.1, 0.15) is 67.2 Å². The van der Waals surface area contributed by atoms with Gasteiger partial charge in [-0.05, 0) is 54.8 Å². The summed E-state index contributed by atoms with van der Waals surface area (Å²) in [5.41, 5.74) is 0. The molecule has 0 heterocycles. The maximum absolute atomic E-state index is 2.35. The summed E-state index contributed by atoms with van der Waals surface area (Å²) in [6, 6.07) is 0. The number of hydrogen-bond donors (Lipinski definition) is 0. The molecule has 0 spiro atoms. The van der Waals surface area contributed by atoms with E-state index >= 15 is 0 Å². The van der Waals surface area contributed by atoms with E-state index in [1.54, 1.807) is 0 Å². The van der Waals surface area contributed by atoms with Gasteiger partial charge in [-0.25, -0.2) is 0 Å². The first-order valence-corrected chi connectivity index (χ1v) is 7.45. The quantitative estimate of drug-likeness (QED) is 0.601. The smallest absolute Gasteiger partial charge is 0.0360 e. The molecule has 0 aromatic heterocycles. The van der Waals surface area contributed by atoms with Crippen molar-refractivity contribution < 1.29 is 0 Å². The summed E-state index contributed by atoms with van der Waals surface area (Å²) in [4.78, 5) is 0. The Morgan fingerprint density at radius 2 is 1.56 bits per heavy atom. The van der Waals surface area contributed by atoms with E-state index in [1.807, 2.05) is 0 Å². The van der Waals surface area contributed by atoms with Crippen LogP contribution in [-0.4, -0.2) is 0 Å². The van der Waals surface area contributed by atoms with Gasteiger partial charge in [0.15, 0.2) is 0 Å². The molecular weight excluding hydrogens is 192 g/mol. The lowest BCUT2D eigenvalue weighted by Gasteiger charge is -1.99. The van der Waals surface area contributed by atoms with Crippen LogP contribution in [0.4, 0.5) is 0 Å². The van der Waals surface area contributed by atoms with E-state index in [2.05, 4.69) is 41.5 Å². The van der Waals surface area contributed by atoms with Crippen LogP contribution in [0.3, 0.4) is 0 Å². The molecule has 0 saturated heterocycles. The summed E-state index contributed by atoms with van der Waals surface area (Å²) in [6.07, 6.45) is 5.87. The molecule has 2 aliphatic rings. The molecule has 2 fully saturated rings. The monoisotopic (exact) mass is 224 g/mol. The first-order valence-electron chi connectivity index (χ1n) is 7.45. The molecule has 0 aromatic rings. The fourth-order valence-electron chi connectivity index (χ4n) is 2.89. The van der Waals surface area contributed by atoms with Gasteiger partial charge in [0.2, 0.25) is 0 Å². The van der Waals surface area contributed by atoms with Crippen molar-refractivity contribution in [2.45, 2.75) is 67.2 Å². The summed E-state index contributed by atoms with van der Waals surface area (Å²) in [7, 11) is 0. The molecule has 0 heteroatoms. The zero-order chi connectivity index (χ0) is 12.3. The van der Waals surface area contributed by atoms with Crippen LogP contribution < -0.4 is 0 Å². The Morgan fingerprint density at radius 3 is 1.69 bits per heavy atom. The largest absolute Gasteiger partial charge is 0.0651 e. The van der Waals surface area contributed by atoms with Crippen molar-refractivity contribution in [3.63, 3.8) is 0 Å². The van der Waals surface area contributed by atoms with Crippen LogP contribution in [0.15, 0.2) is 0 Å². The van der Waals surface area contributed by atoms with Gasteiger partial charge in [0.05, 0.1) is 0 Å². The average Bonchev–Trinajstić information content (AvgIpc) is 3.04. The minimum Gasteiger partial charge on any atom is -0.0651 e. The predicted molar refractivity (Wildman–Crippen MR) is 73.5 cm³/mol. The van der Waals surface area contributed by atoms with Gasteiger partial charge in [0.25, 0.3) is 0 Å². The van der Waals surface area contributed by atoms with Crippen LogP contribution in [-0.2, 0) is 0 Å². The lowest BCUT2D eigenvalue weighted by molar-refractivity contribution is 0.512. The van der Waals surface area contributed by atoms with E-state index in [4.69, 9.17) is 0 Å². The second kappa shape index (κ2) is 6.07. The Morgan fingerprint density at radius 1 is 1.00 bits per heavy atom. The second-order valence-corrected chi connectivity index (χ2v) is 6.91. The van der Waals surface area contributed by atoms with Gasteiger partial charge < -0.3 is 0 Å². The van der Waals surface area contributed by atoms with E-state index in [0.29, 0.717) is 0 Å². The van der Waals surface area contributed by atoms with Crippen molar-refractivity contribution in [2.75, 3.05) is 0 Å². The van der Waals surface area contributed by atoms with Crippen molar-refractivity contribution in [3.05, 3.63) is 0 Å². The maximum Gasteiger partial charge on any atom is -0.0360 e. The van der Waals surface area contributed by atoms with E-state index in [-0.39, 0.29) is 0 Å². The molecule has 2 aliphatic carbocycles. The van der Waals surface area contributed by atoms with Crippen molar-refractivity contribution >= 4 is 0 Å². The van der Waals surface area contributed by atoms with Crippen LogP contribution in [0, 0.1) is 35.5 Å². The van der Waals surface area contributed by atoms with Crippen molar-refractivity contribution in [3.8, 4) is 0 Å². The molecule has 0 amide bonds. The van der Waals surface area contributed by atoms with Crippen molar-refractivity contribution in [2.24, 2.45) is 35.5 Å². The van der Waals surface area contributed by atoms with Crippen molar-refractivity contribution in [1.82, 2.24) is 0 Å². The van der Waals surface area contributed by atoms with E-state index in [1.165, 1.54) is 25.7 Å². The lowest BCUT2D eigenvalue weighted by atomic mass is 10.1. The minimum absolute atomic E-state index is 0.921. The van der Waals surface area contributed by atoms with Gasteiger partial charge in [-0.3, -0.25) is 0 Å². The standard InChI is InChI=1S/2C8H16/c1-6(2)4-8-5-7(8)3;1-4-7-5-8(7)6(2)3/h2*6-8H,4-5H2,1-3H3.